The zero-order valence-electron chi connectivity index (χ0n) is 16.6. The maximum Gasteiger partial charge on any atom is 0.293 e. The van der Waals surface area contributed by atoms with Gasteiger partial charge in [-0.3, -0.25) is 25.1 Å². The lowest BCUT2D eigenvalue weighted by molar-refractivity contribution is -0.383. The van der Waals surface area contributed by atoms with Crippen molar-refractivity contribution in [2.75, 3.05) is 36.9 Å². The van der Waals surface area contributed by atoms with E-state index in [1.807, 2.05) is 23.6 Å². The van der Waals surface area contributed by atoms with Gasteiger partial charge >= 0.3 is 0 Å². The maximum absolute atomic E-state index is 12.6. The van der Waals surface area contributed by atoms with Crippen molar-refractivity contribution in [1.29, 1.82) is 0 Å². The molecular weight excluding hydrogens is 418 g/mol. The van der Waals surface area contributed by atoms with Crippen LogP contribution in [0.3, 0.4) is 0 Å². The first-order chi connectivity index (χ1) is 15.1. The van der Waals surface area contributed by atoms with Crippen LogP contribution in [-0.4, -0.2) is 47.0 Å². The Hall–Kier alpha value is -3.34. The van der Waals surface area contributed by atoms with Gasteiger partial charge in [-0.25, -0.2) is 4.98 Å². The molecule has 0 radical (unpaired) electrons. The summed E-state index contributed by atoms with van der Waals surface area (Å²) in [6.07, 6.45) is 0. The van der Waals surface area contributed by atoms with E-state index in [0.717, 1.165) is 24.5 Å². The normalized spacial score (nSPS) is 14.2. The number of hydrogen-bond acceptors (Lipinski definition) is 8. The van der Waals surface area contributed by atoms with Gasteiger partial charge in [0.25, 0.3) is 11.6 Å². The molecule has 0 unspecified atom stereocenters. The molecule has 31 heavy (non-hydrogen) atoms. The van der Waals surface area contributed by atoms with Gasteiger partial charge in [0.05, 0.1) is 23.8 Å². The molecular formula is C21H21N5O4S. The Labute approximate surface area is 182 Å². The van der Waals surface area contributed by atoms with Crippen molar-refractivity contribution in [3.63, 3.8) is 0 Å². The van der Waals surface area contributed by atoms with E-state index in [2.05, 4.69) is 20.5 Å². The predicted molar refractivity (Wildman–Crippen MR) is 119 cm³/mol. The summed E-state index contributed by atoms with van der Waals surface area (Å²) in [6, 6.07) is 13.5. The number of carbonyl (C=O) groups excluding carboxylic acids is 1. The Morgan fingerprint density at radius 1 is 1.19 bits per heavy atom. The Balaban J connectivity index is 1.44. The number of carbonyl (C=O) groups is 1. The molecule has 1 aromatic heterocycles. The monoisotopic (exact) mass is 439 g/mol. The highest BCUT2D eigenvalue weighted by molar-refractivity contribution is 7.14. The fourth-order valence-corrected chi connectivity index (χ4v) is 3.90. The van der Waals surface area contributed by atoms with Crippen LogP contribution in [0.4, 0.5) is 22.2 Å². The first-order valence-corrected chi connectivity index (χ1v) is 10.6. The van der Waals surface area contributed by atoms with Gasteiger partial charge in [-0.1, -0.05) is 18.2 Å². The highest BCUT2D eigenvalue weighted by Crippen LogP contribution is 2.29. The number of nitrogens with zero attached hydrogens (tertiary/aromatic N) is 3. The minimum Gasteiger partial charge on any atom is -0.379 e. The number of nitro benzene ring substituents is 1. The number of morpholine rings is 1. The van der Waals surface area contributed by atoms with Gasteiger partial charge in [-0.15, -0.1) is 11.3 Å². The molecule has 2 aromatic carbocycles. The first-order valence-electron chi connectivity index (χ1n) is 9.75. The summed E-state index contributed by atoms with van der Waals surface area (Å²) in [5.74, 6) is -0.443. The van der Waals surface area contributed by atoms with E-state index in [-0.39, 0.29) is 11.3 Å². The fourth-order valence-electron chi connectivity index (χ4n) is 3.20. The Morgan fingerprint density at radius 3 is 2.71 bits per heavy atom. The number of thiazole rings is 1. The standard InChI is InChI=1S/C21H21N5O4S/c27-20(24-21-23-17(14-31-21)13-25-8-10-30-11-9-25)15-6-7-18(19(12-15)26(28)29)22-16-4-2-1-3-5-16/h1-7,12,14,22H,8-11,13H2,(H,23,24,27). The summed E-state index contributed by atoms with van der Waals surface area (Å²) < 4.78 is 5.34. The Kier molecular flexibility index (Phi) is 6.51. The predicted octanol–water partition coefficient (Wildman–Crippen LogP) is 3.88. The fraction of sp³-hybridized carbons (Fsp3) is 0.238. The number of nitro groups is 1. The van der Waals surface area contributed by atoms with Crippen molar-refractivity contribution >= 4 is 39.4 Å². The van der Waals surface area contributed by atoms with Crippen LogP contribution in [0.15, 0.2) is 53.9 Å². The Bertz CT molecular complexity index is 1070. The molecule has 0 bridgehead atoms. The summed E-state index contributed by atoms with van der Waals surface area (Å²) in [7, 11) is 0. The average molecular weight is 439 g/mol. The second-order valence-electron chi connectivity index (χ2n) is 6.97. The van der Waals surface area contributed by atoms with Crippen LogP contribution < -0.4 is 10.6 Å². The number of amides is 1. The summed E-state index contributed by atoms with van der Waals surface area (Å²) in [4.78, 5) is 30.4. The van der Waals surface area contributed by atoms with E-state index in [4.69, 9.17) is 4.74 Å². The SMILES string of the molecule is O=C(Nc1nc(CN2CCOCC2)cs1)c1ccc(Nc2ccccc2)c([N+](=O)[O-])c1. The third kappa shape index (κ3) is 5.43. The summed E-state index contributed by atoms with van der Waals surface area (Å²) >= 11 is 1.33. The Morgan fingerprint density at radius 2 is 1.97 bits per heavy atom. The van der Waals surface area contributed by atoms with E-state index < -0.39 is 10.8 Å². The van der Waals surface area contributed by atoms with E-state index in [1.165, 1.54) is 23.5 Å². The molecule has 10 heteroatoms. The zero-order chi connectivity index (χ0) is 21.6. The van der Waals surface area contributed by atoms with Crippen molar-refractivity contribution in [3.8, 4) is 0 Å². The molecule has 0 saturated carbocycles. The van der Waals surface area contributed by atoms with Crippen LogP contribution in [-0.2, 0) is 11.3 Å². The van der Waals surface area contributed by atoms with E-state index in [1.54, 1.807) is 18.2 Å². The van der Waals surface area contributed by atoms with Crippen LogP contribution in [0.1, 0.15) is 16.1 Å². The van der Waals surface area contributed by atoms with Crippen LogP contribution >= 0.6 is 11.3 Å². The number of hydrogen-bond donors (Lipinski definition) is 2. The number of nitrogens with one attached hydrogen (secondary N) is 2. The van der Waals surface area contributed by atoms with Gasteiger partial charge in [-0.05, 0) is 24.3 Å². The third-order valence-electron chi connectivity index (χ3n) is 4.77. The molecule has 2 heterocycles. The molecule has 0 spiro atoms. The number of benzene rings is 2. The lowest BCUT2D eigenvalue weighted by atomic mass is 10.1. The third-order valence-corrected chi connectivity index (χ3v) is 5.58. The topological polar surface area (TPSA) is 110 Å². The molecule has 1 aliphatic rings. The van der Waals surface area contributed by atoms with Crippen molar-refractivity contribution in [2.24, 2.45) is 0 Å². The minimum absolute atomic E-state index is 0.177. The van der Waals surface area contributed by atoms with Crippen LogP contribution in [0, 0.1) is 10.1 Å². The second kappa shape index (κ2) is 9.65. The van der Waals surface area contributed by atoms with Gasteiger partial charge in [-0.2, -0.15) is 0 Å². The lowest BCUT2D eigenvalue weighted by Gasteiger charge is -2.25. The van der Waals surface area contributed by atoms with Crippen molar-refractivity contribution < 1.29 is 14.5 Å². The largest absolute Gasteiger partial charge is 0.379 e. The summed E-state index contributed by atoms with van der Waals surface area (Å²) in [5.41, 5.74) is 1.92. The molecule has 1 aliphatic heterocycles. The number of anilines is 3. The molecule has 0 aliphatic carbocycles. The van der Waals surface area contributed by atoms with E-state index >= 15 is 0 Å². The number of ether oxygens (including phenoxy) is 1. The second-order valence-corrected chi connectivity index (χ2v) is 7.82. The zero-order valence-corrected chi connectivity index (χ0v) is 17.4. The van der Waals surface area contributed by atoms with Gasteiger partial charge in [0.1, 0.15) is 5.69 Å². The molecule has 1 saturated heterocycles. The first kappa shape index (κ1) is 20.9. The van der Waals surface area contributed by atoms with Crippen molar-refractivity contribution in [3.05, 3.63) is 75.3 Å². The quantitative estimate of drug-likeness (QED) is 0.425. The number of rotatable bonds is 7. The molecule has 1 fully saturated rings. The molecule has 1 amide bonds. The highest BCUT2D eigenvalue weighted by atomic mass is 32.1. The van der Waals surface area contributed by atoms with Crippen molar-refractivity contribution in [1.82, 2.24) is 9.88 Å². The molecule has 160 valence electrons. The van der Waals surface area contributed by atoms with Gasteiger partial charge in [0, 0.05) is 42.3 Å². The summed E-state index contributed by atoms with van der Waals surface area (Å²) in [5, 5.41) is 19.7. The minimum atomic E-state index is -0.508. The summed E-state index contributed by atoms with van der Waals surface area (Å²) in [6.45, 7) is 3.82. The van der Waals surface area contributed by atoms with E-state index in [9.17, 15) is 14.9 Å². The molecule has 9 nitrogen and oxygen atoms in total. The lowest BCUT2D eigenvalue weighted by Crippen LogP contribution is -2.35. The molecule has 4 rings (SSSR count). The molecule has 0 atom stereocenters. The van der Waals surface area contributed by atoms with Gasteiger partial charge < -0.3 is 10.1 Å². The highest BCUT2D eigenvalue weighted by Gasteiger charge is 2.19. The van der Waals surface area contributed by atoms with Crippen LogP contribution in [0.2, 0.25) is 0 Å². The molecule has 2 N–H and O–H groups in total. The van der Waals surface area contributed by atoms with Crippen LogP contribution in [0.5, 0.6) is 0 Å². The van der Waals surface area contributed by atoms with E-state index in [0.29, 0.717) is 30.6 Å². The molecule has 3 aromatic rings. The maximum atomic E-state index is 12.6. The average Bonchev–Trinajstić information content (AvgIpc) is 3.21. The van der Waals surface area contributed by atoms with Gasteiger partial charge in [0.2, 0.25) is 0 Å². The smallest absolute Gasteiger partial charge is 0.293 e. The number of aromatic nitrogens is 1. The van der Waals surface area contributed by atoms with Crippen molar-refractivity contribution in [2.45, 2.75) is 6.54 Å². The van der Waals surface area contributed by atoms with Crippen LogP contribution in [0.25, 0.3) is 0 Å². The van der Waals surface area contributed by atoms with Gasteiger partial charge in [0.15, 0.2) is 5.13 Å². The number of para-hydroxylation sites is 1.